The molecule has 2 N–H and O–H groups in total. The van der Waals surface area contributed by atoms with Crippen molar-refractivity contribution < 1.29 is 9.53 Å². The summed E-state index contributed by atoms with van der Waals surface area (Å²) in [5.41, 5.74) is 1.74. The molecule has 0 aromatic carbocycles. The van der Waals surface area contributed by atoms with Crippen LogP contribution in [0.1, 0.15) is 11.4 Å². The van der Waals surface area contributed by atoms with Gasteiger partial charge in [0.15, 0.2) is 17.4 Å². The molecule has 0 radical (unpaired) electrons. The molecule has 0 atom stereocenters. The van der Waals surface area contributed by atoms with Crippen molar-refractivity contribution in [1.29, 1.82) is 0 Å². The Hall–Kier alpha value is -2.57. The average Bonchev–Trinajstić information content (AvgIpc) is 2.68. The van der Waals surface area contributed by atoms with Gasteiger partial charge in [-0.2, -0.15) is 5.10 Å². The van der Waals surface area contributed by atoms with Crippen LogP contribution in [0.2, 0.25) is 0 Å². The zero-order valence-corrected chi connectivity index (χ0v) is 11.9. The lowest BCUT2D eigenvalue weighted by atomic mass is 10.3. The third-order valence-corrected chi connectivity index (χ3v) is 2.80. The Morgan fingerprint density at radius 2 is 2.05 bits per heavy atom. The van der Waals surface area contributed by atoms with Crippen molar-refractivity contribution in [2.75, 3.05) is 17.7 Å². The van der Waals surface area contributed by atoms with E-state index in [-0.39, 0.29) is 0 Å². The number of hydrogen-bond acceptors (Lipinski definition) is 4. The van der Waals surface area contributed by atoms with Gasteiger partial charge in [-0.1, -0.05) is 0 Å². The van der Waals surface area contributed by atoms with Gasteiger partial charge < -0.3 is 4.74 Å². The summed E-state index contributed by atoms with van der Waals surface area (Å²) >= 11 is 0. The number of aryl methyl sites for hydroxylation is 3. The molecule has 0 aliphatic carbocycles. The van der Waals surface area contributed by atoms with Gasteiger partial charge in [0, 0.05) is 24.5 Å². The first-order chi connectivity index (χ1) is 9.49. The number of nitrogens with one attached hydrogen (secondary N) is 2. The molecule has 0 spiro atoms. The van der Waals surface area contributed by atoms with E-state index in [2.05, 4.69) is 20.7 Å². The van der Waals surface area contributed by atoms with E-state index in [1.54, 1.807) is 16.8 Å². The number of anilines is 2. The van der Waals surface area contributed by atoms with Gasteiger partial charge >= 0.3 is 6.03 Å². The third-order valence-electron chi connectivity index (χ3n) is 2.80. The fourth-order valence-electron chi connectivity index (χ4n) is 1.68. The van der Waals surface area contributed by atoms with Crippen LogP contribution in [0.3, 0.4) is 0 Å². The first-order valence-corrected chi connectivity index (χ1v) is 6.10. The summed E-state index contributed by atoms with van der Waals surface area (Å²) in [6.07, 6.45) is 0. The van der Waals surface area contributed by atoms with Gasteiger partial charge in [-0.3, -0.25) is 15.3 Å². The summed E-state index contributed by atoms with van der Waals surface area (Å²) in [5.74, 6) is 1.36. The first-order valence-electron chi connectivity index (χ1n) is 6.10. The maximum Gasteiger partial charge on any atom is 0.326 e. The van der Waals surface area contributed by atoms with Gasteiger partial charge in [0.25, 0.3) is 0 Å². The minimum absolute atomic E-state index is 0.373. The maximum atomic E-state index is 11.9. The Balaban J connectivity index is 2.10. The van der Waals surface area contributed by atoms with Gasteiger partial charge in [-0.25, -0.2) is 9.78 Å². The number of hydrogen-bond donors (Lipinski definition) is 2. The molecule has 0 bridgehead atoms. The maximum absolute atomic E-state index is 11.9. The third kappa shape index (κ3) is 3.05. The van der Waals surface area contributed by atoms with Gasteiger partial charge in [-0.05, 0) is 26.0 Å². The molecule has 2 aromatic heterocycles. The van der Waals surface area contributed by atoms with Crippen LogP contribution < -0.4 is 15.4 Å². The number of pyridine rings is 1. The monoisotopic (exact) mass is 275 g/mol. The SMILES string of the molecule is COc1ccc(C)nc1NC(=O)Nc1cc(C)n(C)n1. The number of amides is 2. The Morgan fingerprint density at radius 1 is 1.30 bits per heavy atom. The van der Waals surface area contributed by atoms with Crippen LogP contribution in [0, 0.1) is 13.8 Å². The summed E-state index contributed by atoms with van der Waals surface area (Å²) in [6, 6.07) is 4.92. The number of nitrogens with zero attached hydrogens (tertiary/aromatic N) is 3. The number of aromatic nitrogens is 3. The standard InChI is InChI=1S/C13H17N5O2/c1-8-5-6-10(20-4)12(14-8)16-13(19)15-11-7-9(2)18(3)17-11/h5-7H,1-4H3,(H2,14,15,16,17,19). The van der Waals surface area contributed by atoms with E-state index in [1.165, 1.54) is 7.11 Å². The largest absolute Gasteiger partial charge is 0.493 e. The molecule has 2 rings (SSSR count). The van der Waals surface area contributed by atoms with Crippen LogP contribution in [-0.4, -0.2) is 27.9 Å². The van der Waals surface area contributed by atoms with Crippen LogP contribution in [0.4, 0.5) is 16.4 Å². The Bertz CT molecular complexity index is 616. The van der Waals surface area contributed by atoms with Crippen molar-refractivity contribution in [2.45, 2.75) is 13.8 Å². The van der Waals surface area contributed by atoms with Crippen molar-refractivity contribution in [1.82, 2.24) is 14.8 Å². The van der Waals surface area contributed by atoms with E-state index in [0.29, 0.717) is 17.4 Å². The Morgan fingerprint density at radius 3 is 2.65 bits per heavy atom. The first kappa shape index (κ1) is 13.9. The fraction of sp³-hybridized carbons (Fsp3) is 0.308. The van der Waals surface area contributed by atoms with E-state index in [1.807, 2.05) is 27.0 Å². The molecule has 0 aliphatic heterocycles. The summed E-state index contributed by atoms with van der Waals surface area (Å²) in [4.78, 5) is 16.1. The highest BCUT2D eigenvalue weighted by Crippen LogP contribution is 2.21. The van der Waals surface area contributed by atoms with Gasteiger partial charge in [0.2, 0.25) is 0 Å². The highest BCUT2D eigenvalue weighted by Gasteiger charge is 2.11. The Labute approximate surface area is 117 Å². The van der Waals surface area contributed by atoms with E-state index in [9.17, 15) is 4.79 Å². The molecule has 0 saturated carbocycles. The molecule has 7 nitrogen and oxygen atoms in total. The number of carbonyl (C=O) groups is 1. The van der Waals surface area contributed by atoms with Crippen molar-refractivity contribution in [3.8, 4) is 5.75 Å². The molecule has 0 saturated heterocycles. The number of ether oxygens (including phenoxy) is 1. The molecule has 2 amide bonds. The van der Waals surface area contributed by atoms with Crippen LogP contribution in [0.5, 0.6) is 5.75 Å². The number of rotatable bonds is 3. The quantitative estimate of drug-likeness (QED) is 0.898. The van der Waals surface area contributed by atoms with E-state index in [0.717, 1.165) is 11.4 Å². The van der Waals surface area contributed by atoms with Crippen molar-refractivity contribution in [3.63, 3.8) is 0 Å². The second-order valence-electron chi connectivity index (χ2n) is 4.38. The summed E-state index contributed by atoms with van der Waals surface area (Å²) in [6.45, 7) is 3.74. The van der Waals surface area contributed by atoms with E-state index >= 15 is 0 Å². The number of carbonyl (C=O) groups excluding carboxylic acids is 1. The average molecular weight is 275 g/mol. The lowest BCUT2D eigenvalue weighted by Gasteiger charge is -2.09. The predicted molar refractivity (Wildman–Crippen MR) is 76.1 cm³/mol. The van der Waals surface area contributed by atoms with Crippen molar-refractivity contribution >= 4 is 17.7 Å². The molecule has 0 unspecified atom stereocenters. The molecule has 106 valence electrons. The second-order valence-corrected chi connectivity index (χ2v) is 4.38. The predicted octanol–water partition coefficient (Wildman–Crippen LogP) is 2.08. The van der Waals surface area contributed by atoms with E-state index < -0.39 is 6.03 Å². The second kappa shape index (κ2) is 5.60. The Kier molecular flexibility index (Phi) is 3.88. The van der Waals surface area contributed by atoms with Gasteiger partial charge in [0.1, 0.15) is 0 Å². The van der Waals surface area contributed by atoms with Crippen molar-refractivity contribution in [3.05, 3.63) is 29.6 Å². The molecule has 7 heteroatoms. The minimum atomic E-state index is -0.417. The lowest BCUT2D eigenvalue weighted by Crippen LogP contribution is -2.21. The smallest absolute Gasteiger partial charge is 0.326 e. The van der Waals surface area contributed by atoms with Crippen LogP contribution >= 0.6 is 0 Å². The molecular formula is C13H17N5O2. The van der Waals surface area contributed by atoms with Gasteiger partial charge in [0.05, 0.1) is 7.11 Å². The highest BCUT2D eigenvalue weighted by atomic mass is 16.5. The molecule has 2 heterocycles. The summed E-state index contributed by atoms with van der Waals surface area (Å²) in [5, 5.41) is 9.43. The number of urea groups is 1. The normalized spacial score (nSPS) is 10.2. The van der Waals surface area contributed by atoms with Crippen LogP contribution in [-0.2, 0) is 7.05 Å². The zero-order valence-electron chi connectivity index (χ0n) is 11.9. The van der Waals surface area contributed by atoms with Crippen LogP contribution in [0.15, 0.2) is 18.2 Å². The molecule has 0 fully saturated rings. The summed E-state index contributed by atoms with van der Waals surface area (Å²) < 4.78 is 6.83. The fourth-order valence-corrected chi connectivity index (χ4v) is 1.68. The van der Waals surface area contributed by atoms with Gasteiger partial charge in [-0.15, -0.1) is 0 Å². The molecule has 2 aromatic rings. The molecule has 20 heavy (non-hydrogen) atoms. The molecule has 0 aliphatic rings. The minimum Gasteiger partial charge on any atom is -0.493 e. The number of methoxy groups -OCH3 is 1. The van der Waals surface area contributed by atoms with Crippen LogP contribution in [0.25, 0.3) is 0 Å². The lowest BCUT2D eigenvalue weighted by molar-refractivity contribution is 0.262. The topological polar surface area (TPSA) is 81.1 Å². The van der Waals surface area contributed by atoms with E-state index in [4.69, 9.17) is 4.74 Å². The highest BCUT2D eigenvalue weighted by molar-refractivity contribution is 5.99. The molecular weight excluding hydrogens is 258 g/mol. The summed E-state index contributed by atoms with van der Waals surface area (Å²) in [7, 11) is 3.33. The zero-order chi connectivity index (χ0) is 14.7. The van der Waals surface area contributed by atoms with Crippen molar-refractivity contribution in [2.24, 2.45) is 7.05 Å².